The Hall–Kier alpha value is -0.650. The zero-order valence-corrected chi connectivity index (χ0v) is 14.8. The van der Waals surface area contributed by atoms with E-state index in [0.717, 1.165) is 45.1 Å². The van der Waals surface area contributed by atoms with E-state index in [1.165, 1.54) is 6.42 Å². The molecule has 0 spiro atoms. The minimum Gasteiger partial charge on any atom is -0.479 e. The summed E-state index contributed by atoms with van der Waals surface area (Å²) in [6.45, 7) is 7.01. The first-order valence-electron chi connectivity index (χ1n) is 8.97. The number of hydrogen-bond acceptors (Lipinski definition) is 4. The molecular weight excluding hydrogens is 296 g/mol. The molecule has 5 nitrogen and oxygen atoms in total. The predicted octanol–water partition coefficient (Wildman–Crippen LogP) is 3.60. The Labute approximate surface area is 139 Å². The van der Waals surface area contributed by atoms with E-state index in [1.807, 2.05) is 20.8 Å². The molecule has 4 atom stereocenters. The molecule has 5 heteroatoms. The molecule has 0 radical (unpaired) electrons. The molecule has 1 aliphatic carbocycles. The van der Waals surface area contributed by atoms with Gasteiger partial charge in [-0.1, -0.05) is 27.2 Å². The topological polar surface area (TPSA) is 65.0 Å². The van der Waals surface area contributed by atoms with Crippen LogP contribution in [-0.2, 0) is 19.0 Å². The van der Waals surface area contributed by atoms with E-state index < -0.39 is 17.5 Å². The van der Waals surface area contributed by atoms with E-state index in [0.29, 0.717) is 12.5 Å². The number of ether oxygens (including phenoxy) is 3. The van der Waals surface area contributed by atoms with E-state index in [9.17, 15) is 9.90 Å². The van der Waals surface area contributed by atoms with E-state index in [4.69, 9.17) is 14.2 Å². The second kappa shape index (κ2) is 8.45. The van der Waals surface area contributed by atoms with Gasteiger partial charge in [0.25, 0.3) is 0 Å². The van der Waals surface area contributed by atoms with Gasteiger partial charge in [-0.25, -0.2) is 4.79 Å². The maximum absolute atomic E-state index is 11.4. The van der Waals surface area contributed by atoms with Gasteiger partial charge in [0.1, 0.15) is 0 Å². The van der Waals surface area contributed by atoms with Gasteiger partial charge in [-0.2, -0.15) is 0 Å². The lowest BCUT2D eigenvalue weighted by Crippen LogP contribution is -2.39. The third kappa shape index (κ3) is 6.05. The minimum absolute atomic E-state index is 0.0465. The highest BCUT2D eigenvalue weighted by molar-refractivity contribution is 5.73. The minimum atomic E-state index is -0.878. The number of carboxylic acids is 1. The van der Waals surface area contributed by atoms with Crippen LogP contribution in [0.5, 0.6) is 0 Å². The third-order valence-corrected chi connectivity index (χ3v) is 4.73. The number of carbonyl (C=O) groups is 1. The summed E-state index contributed by atoms with van der Waals surface area (Å²) in [5.41, 5.74) is -0.396. The van der Waals surface area contributed by atoms with Gasteiger partial charge >= 0.3 is 5.97 Å². The SMILES string of the molecule is CC(C)(C)C(OC[C@@H]1CCC[C@H](OC2CCCCO2)C1)C(=O)O. The summed E-state index contributed by atoms with van der Waals surface area (Å²) < 4.78 is 17.5. The summed E-state index contributed by atoms with van der Waals surface area (Å²) in [6, 6.07) is 0. The molecule has 2 fully saturated rings. The second-order valence-electron chi connectivity index (χ2n) is 8.00. The Morgan fingerprint density at radius 2 is 2.00 bits per heavy atom. The maximum Gasteiger partial charge on any atom is 0.333 e. The average Bonchev–Trinajstić information content (AvgIpc) is 2.47. The molecule has 2 aliphatic rings. The zero-order chi connectivity index (χ0) is 16.9. The molecule has 0 aromatic carbocycles. The van der Waals surface area contributed by atoms with Crippen molar-refractivity contribution in [1.29, 1.82) is 0 Å². The molecule has 0 amide bonds. The van der Waals surface area contributed by atoms with Crippen LogP contribution in [0.15, 0.2) is 0 Å². The van der Waals surface area contributed by atoms with Crippen molar-refractivity contribution < 1.29 is 24.1 Å². The van der Waals surface area contributed by atoms with E-state index in [1.54, 1.807) is 0 Å². The Morgan fingerprint density at radius 3 is 2.61 bits per heavy atom. The van der Waals surface area contributed by atoms with Gasteiger partial charge in [0.15, 0.2) is 12.4 Å². The summed E-state index contributed by atoms with van der Waals surface area (Å²) in [7, 11) is 0. The number of aliphatic carboxylic acids is 1. The van der Waals surface area contributed by atoms with Crippen LogP contribution in [0.3, 0.4) is 0 Å². The monoisotopic (exact) mass is 328 g/mol. The van der Waals surface area contributed by atoms with Crippen molar-refractivity contribution in [1.82, 2.24) is 0 Å². The summed E-state index contributed by atoms with van der Waals surface area (Å²) in [5.74, 6) is -0.502. The van der Waals surface area contributed by atoms with Crippen LogP contribution in [0.4, 0.5) is 0 Å². The first-order valence-corrected chi connectivity index (χ1v) is 8.97. The highest BCUT2D eigenvalue weighted by Crippen LogP contribution is 2.30. The summed E-state index contributed by atoms with van der Waals surface area (Å²) >= 11 is 0. The maximum atomic E-state index is 11.4. The molecule has 1 saturated carbocycles. The number of rotatable bonds is 6. The van der Waals surface area contributed by atoms with Crippen LogP contribution in [0.2, 0.25) is 0 Å². The normalized spacial score (nSPS) is 30.8. The van der Waals surface area contributed by atoms with Crippen molar-refractivity contribution in [3.63, 3.8) is 0 Å². The fourth-order valence-electron chi connectivity index (χ4n) is 3.47. The fourth-order valence-corrected chi connectivity index (χ4v) is 3.47. The van der Waals surface area contributed by atoms with Crippen molar-refractivity contribution >= 4 is 5.97 Å². The summed E-state index contributed by atoms with van der Waals surface area (Å²) in [5, 5.41) is 9.34. The number of carboxylic acid groups (broad SMARTS) is 1. The van der Waals surface area contributed by atoms with Gasteiger partial charge in [-0.05, 0) is 49.9 Å². The van der Waals surface area contributed by atoms with Crippen LogP contribution in [0, 0.1) is 11.3 Å². The summed E-state index contributed by atoms with van der Waals surface area (Å²) in [4.78, 5) is 11.4. The lowest BCUT2D eigenvalue weighted by atomic mass is 9.86. The molecule has 134 valence electrons. The molecule has 1 N–H and O–H groups in total. The van der Waals surface area contributed by atoms with Crippen LogP contribution >= 0.6 is 0 Å². The molecular formula is C18H32O5. The first kappa shape index (κ1) is 18.7. The van der Waals surface area contributed by atoms with Gasteiger partial charge in [-0.3, -0.25) is 0 Å². The predicted molar refractivity (Wildman–Crippen MR) is 87.3 cm³/mol. The molecule has 1 saturated heterocycles. The standard InChI is InChI=1S/C18H32O5/c1-18(2,3)16(17(19)20)22-12-13-7-6-8-14(11-13)23-15-9-4-5-10-21-15/h13-16H,4-12H2,1-3H3,(H,19,20)/t13-,14+,15?,16?/m1/s1. The quantitative estimate of drug-likeness (QED) is 0.807. The lowest BCUT2D eigenvalue weighted by Gasteiger charge is -2.34. The lowest BCUT2D eigenvalue weighted by molar-refractivity contribution is -0.198. The van der Waals surface area contributed by atoms with Gasteiger partial charge in [-0.15, -0.1) is 0 Å². The van der Waals surface area contributed by atoms with Crippen molar-refractivity contribution in [3.8, 4) is 0 Å². The molecule has 1 aliphatic heterocycles. The second-order valence-corrected chi connectivity index (χ2v) is 8.00. The zero-order valence-electron chi connectivity index (χ0n) is 14.8. The van der Waals surface area contributed by atoms with Gasteiger partial charge in [0, 0.05) is 6.61 Å². The Balaban J connectivity index is 1.77. The van der Waals surface area contributed by atoms with Crippen molar-refractivity contribution in [2.45, 2.75) is 84.2 Å². The van der Waals surface area contributed by atoms with E-state index in [-0.39, 0.29) is 12.4 Å². The molecule has 0 aromatic rings. The van der Waals surface area contributed by atoms with Gasteiger partial charge < -0.3 is 19.3 Å². The van der Waals surface area contributed by atoms with Crippen LogP contribution in [0.25, 0.3) is 0 Å². The van der Waals surface area contributed by atoms with Crippen LogP contribution in [-0.4, -0.2) is 42.8 Å². The Kier molecular flexibility index (Phi) is 6.86. The number of hydrogen-bond donors (Lipinski definition) is 1. The highest BCUT2D eigenvalue weighted by atomic mass is 16.7. The first-order chi connectivity index (χ1) is 10.9. The van der Waals surface area contributed by atoms with Crippen LogP contribution in [0.1, 0.15) is 65.7 Å². The summed E-state index contributed by atoms with van der Waals surface area (Å²) in [6.07, 6.45) is 6.91. The molecule has 23 heavy (non-hydrogen) atoms. The molecule has 1 heterocycles. The Morgan fingerprint density at radius 1 is 1.22 bits per heavy atom. The van der Waals surface area contributed by atoms with E-state index >= 15 is 0 Å². The van der Waals surface area contributed by atoms with Crippen molar-refractivity contribution in [3.05, 3.63) is 0 Å². The molecule has 2 rings (SSSR count). The van der Waals surface area contributed by atoms with Gasteiger partial charge in [0.05, 0.1) is 12.7 Å². The van der Waals surface area contributed by atoms with Crippen LogP contribution < -0.4 is 0 Å². The van der Waals surface area contributed by atoms with Crippen molar-refractivity contribution in [2.75, 3.05) is 13.2 Å². The van der Waals surface area contributed by atoms with Gasteiger partial charge in [0.2, 0.25) is 0 Å². The molecule has 2 unspecified atom stereocenters. The molecule has 0 bridgehead atoms. The average molecular weight is 328 g/mol. The smallest absolute Gasteiger partial charge is 0.333 e. The van der Waals surface area contributed by atoms with E-state index in [2.05, 4.69) is 0 Å². The highest BCUT2D eigenvalue weighted by Gasteiger charge is 2.34. The largest absolute Gasteiger partial charge is 0.479 e. The molecule has 0 aromatic heterocycles. The Bertz CT molecular complexity index is 370. The fraction of sp³-hybridized carbons (Fsp3) is 0.944. The van der Waals surface area contributed by atoms with Crippen molar-refractivity contribution in [2.24, 2.45) is 11.3 Å². The third-order valence-electron chi connectivity index (χ3n) is 4.73.